The van der Waals surface area contributed by atoms with Gasteiger partial charge in [0.05, 0.1) is 5.56 Å². The predicted molar refractivity (Wildman–Crippen MR) is 113 cm³/mol. The Bertz CT molecular complexity index is 1000. The lowest BCUT2D eigenvalue weighted by Gasteiger charge is -2.19. The number of hydrogen-bond acceptors (Lipinski definition) is 1. The van der Waals surface area contributed by atoms with Gasteiger partial charge in [0, 0.05) is 36.0 Å². The van der Waals surface area contributed by atoms with Gasteiger partial charge in [0.25, 0.3) is 0 Å². The third-order valence-corrected chi connectivity index (χ3v) is 5.33. The van der Waals surface area contributed by atoms with Gasteiger partial charge in [-0.15, -0.1) is 0 Å². The highest BCUT2D eigenvalue weighted by atomic mass is 19.4. The molecule has 0 aliphatic rings. The molecule has 0 saturated heterocycles. The molecular weight excluding hydrogens is 389 g/mol. The Balaban J connectivity index is 2.01. The van der Waals surface area contributed by atoms with Crippen molar-refractivity contribution in [1.82, 2.24) is 10.3 Å². The van der Waals surface area contributed by atoms with Crippen LogP contribution in [0.2, 0.25) is 0 Å². The van der Waals surface area contributed by atoms with Crippen molar-refractivity contribution in [3.05, 3.63) is 70.9 Å². The van der Waals surface area contributed by atoms with E-state index < -0.39 is 11.7 Å². The monoisotopic (exact) mass is 416 g/mol. The molecule has 0 aliphatic heterocycles. The average molecular weight is 416 g/mol. The van der Waals surface area contributed by atoms with Crippen LogP contribution in [0.5, 0.6) is 0 Å². The smallest absolute Gasteiger partial charge is 0.361 e. The Kier molecular flexibility index (Phi) is 6.54. The summed E-state index contributed by atoms with van der Waals surface area (Å²) in [4.78, 5) is 15.9. The highest BCUT2D eigenvalue weighted by Gasteiger charge is 2.31. The minimum atomic E-state index is -4.39. The van der Waals surface area contributed by atoms with Gasteiger partial charge in [-0.3, -0.25) is 4.79 Å². The van der Waals surface area contributed by atoms with Crippen LogP contribution in [0.3, 0.4) is 0 Å². The molecule has 1 heterocycles. The number of nitrogens with one attached hydrogen (secondary N) is 2. The summed E-state index contributed by atoms with van der Waals surface area (Å²) in [6.07, 6.45) is -1.49. The van der Waals surface area contributed by atoms with Crippen LogP contribution in [0.25, 0.3) is 10.9 Å². The standard InChI is InChI=1S/C24H27F3N2O/c1-4-16-6-5-7-19-21(14-29-23(16)19)20(12-22(30)28-13-15(2)3)17-8-10-18(11-9-17)24(25,26)27/h5-11,14-15,20,29H,4,12-13H2,1-3H3,(H,28,30)/t20-/m1/s1. The summed E-state index contributed by atoms with van der Waals surface area (Å²) in [5.41, 5.74) is 3.08. The number of aromatic nitrogens is 1. The number of carbonyl (C=O) groups is 1. The molecule has 0 fully saturated rings. The van der Waals surface area contributed by atoms with E-state index >= 15 is 0 Å². The number of hydrogen-bond donors (Lipinski definition) is 2. The van der Waals surface area contributed by atoms with E-state index in [4.69, 9.17) is 0 Å². The Morgan fingerprint density at radius 2 is 1.80 bits per heavy atom. The van der Waals surface area contributed by atoms with Crippen molar-refractivity contribution in [3.8, 4) is 0 Å². The molecule has 1 amide bonds. The van der Waals surface area contributed by atoms with Gasteiger partial charge in [0.15, 0.2) is 0 Å². The number of fused-ring (bicyclic) bond motifs is 1. The van der Waals surface area contributed by atoms with Crippen LogP contribution in [-0.4, -0.2) is 17.4 Å². The summed E-state index contributed by atoms with van der Waals surface area (Å²) in [7, 11) is 0. The van der Waals surface area contributed by atoms with Gasteiger partial charge in [0.1, 0.15) is 0 Å². The Morgan fingerprint density at radius 1 is 1.10 bits per heavy atom. The first-order chi connectivity index (χ1) is 14.2. The highest BCUT2D eigenvalue weighted by molar-refractivity contribution is 5.88. The zero-order valence-electron chi connectivity index (χ0n) is 17.4. The van der Waals surface area contributed by atoms with E-state index in [1.807, 2.05) is 38.2 Å². The van der Waals surface area contributed by atoms with Crippen molar-refractivity contribution in [2.45, 2.75) is 45.7 Å². The van der Waals surface area contributed by atoms with Gasteiger partial charge in [-0.25, -0.2) is 0 Å². The van der Waals surface area contributed by atoms with Crippen LogP contribution in [0.4, 0.5) is 13.2 Å². The van der Waals surface area contributed by atoms with Crippen LogP contribution >= 0.6 is 0 Å². The van der Waals surface area contributed by atoms with Crippen molar-refractivity contribution in [3.63, 3.8) is 0 Å². The number of para-hydroxylation sites is 1. The minimum Gasteiger partial charge on any atom is -0.361 e. The topological polar surface area (TPSA) is 44.9 Å². The summed E-state index contributed by atoms with van der Waals surface area (Å²) in [6.45, 7) is 6.66. The molecule has 2 aromatic carbocycles. The van der Waals surface area contributed by atoms with E-state index in [0.717, 1.165) is 40.6 Å². The van der Waals surface area contributed by atoms with Crippen LogP contribution in [0.15, 0.2) is 48.7 Å². The number of benzene rings is 2. The Morgan fingerprint density at radius 3 is 2.40 bits per heavy atom. The maximum absolute atomic E-state index is 13.0. The van der Waals surface area contributed by atoms with Gasteiger partial charge in [-0.1, -0.05) is 51.1 Å². The lowest BCUT2D eigenvalue weighted by atomic mass is 9.87. The quantitative estimate of drug-likeness (QED) is 0.484. The van der Waals surface area contributed by atoms with Crippen molar-refractivity contribution in [2.75, 3.05) is 6.54 Å². The predicted octanol–water partition coefficient (Wildman–Crippen LogP) is 6.04. The number of carbonyl (C=O) groups excluding carboxylic acids is 1. The number of amides is 1. The Hall–Kier alpha value is -2.76. The van der Waals surface area contributed by atoms with Crippen molar-refractivity contribution in [1.29, 1.82) is 0 Å². The zero-order valence-corrected chi connectivity index (χ0v) is 17.4. The molecule has 0 radical (unpaired) electrons. The van der Waals surface area contributed by atoms with Crippen molar-refractivity contribution >= 4 is 16.8 Å². The molecule has 0 unspecified atom stereocenters. The highest BCUT2D eigenvalue weighted by Crippen LogP contribution is 2.36. The fourth-order valence-electron chi connectivity index (χ4n) is 3.71. The first-order valence-electron chi connectivity index (χ1n) is 10.2. The molecule has 2 N–H and O–H groups in total. The van der Waals surface area contributed by atoms with E-state index in [9.17, 15) is 18.0 Å². The number of H-pyrrole nitrogens is 1. The van der Waals surface area contributed by atoms with E-state index in [2.05, 4.69) is 17.2 Å². The summed E-state index contributed by atoms with van der Waals surface area (Å²) in [5, 5.41) is 3.92. The van der Waals surface area contributed by atoms with Crippen LogP contribution < -0.4 is 5.32 Å². The number of rotatable bonds is 7. The number of alkyl halides is 3. The van der Waals surface area contributed by atoms with Crippen LogP contribution in [0.1, 0.15) is 55.4 Å². The average Bonchev–Trinajstić information content (AvgIpc) is 3.14. The fraction of sp³-hybridized carbons (Fsp3) is 0.375. The molecule has 3 rings (SSSR count). The van der Waals surface area contributed by atoms with E-state index in [1.54, 1.807) is 0 Å². The fourth-order valence-corrected chi connectivity index (χ4v) is 3.71. The van der Waals surface area contributed by atoms with E-state index in [-0.39, 0.29) is 18.2 Å². The summed E-state index contributed by atoms with van der Waals surface area (Å²) < 4.78 is 39.0. The van der Waals surface area contributed by atoms with Gasteiger partial charge < -0.3 is 10.3 Å². The molecule has 3 nitrogen and oxygen atoms in total. The van der Waals surface area contributed by atoms with E-state index in [1.165, 1.54) is 12.1 Å². The van der Waals surface area contributed by atoms with Crippen molar-refractivity contribution in [2.24, 2.45) is 5.92 Å². The molecule has 160 valence electrons. The van der Waals surface area contributed by atoms with Gasteiger partial charge in [0.2, 0.25) is 5.91 Å². The maximum Gasteiger partial charge on any atom is 0.416 e. The first-order valence-corrected chi connectivity index (χ1v) is 10.2. The second kappa shape index (κ2) is 8.94. The number of aromatic amines is 1. The molecular formula is C24H27F3N2O. The summed E-state index contributed by atoms with van der Waals surface area (Å²) in [6, 6.07) is 11.1. The SMILES string of the molecule is CCc1cccc2c([C@H](CC(=O)NCC(C)C)c3ccc(C(F)(F)F)cc3)c[nH]c12. The number of halogens is 3. The molecule has 6 heteroatoms. The minimum absolute atomic E-state index is 0.116. The largest absolute Gasteiger partial charge is 0.416 e. The van der Waals surface area contributed by atoms with Crippen LogP contribution in [0, 0.1) is 5.92 Å². The molecule has 0 bridgehead atoms. The summed E-state index contributed by atoms with van der Waals surface area (Å²) >= 11 is 0. The molecule has 1 aromatic heterocycles. The van der Waals surface area contributed by atoms with Crippen LogP contribution in [-0.2, 0) is 17.4 Å². The first kappa shape index (κ1) is 21.9. The molecule has 3 aromatic rings. The lowest BCUT2D eigenvalue weighted by Crippen LogP contribution is -2.28. The normalized spacial score (nSPS) is 13.0. The second-order valence-corrected chi connectivity index (χ2v) is 8.01. The third kappa shape index (κ3) is 4.86. The molecule has 0 aliphatic carbocycles. The molecule has 0 spiro atoms. The lowest BCUT2D eigenvalue weighted by molar-refractivity contribution is -0.137. The summed E-state index contributed by atoms with van der Waals surface area (Å²) in [5.74, 6) is -0.145. The maximum atomic E-state index is 13.0. The zero-order chi connectivity index (χ0) is 21.9. The Labute approximate surface area is 174 Å². The van der Waals surface area contributed by atoms with Gasteiger partial charge >= 0.3 is 6.18 Å². The molecule has 0 saturated carbocycles. The second-order valence-electron chi connectivity index (χ2n) is 8.01. The van der Waals surface area contributed by atoms with Gasteiger partial charge in [-0.2, -0.15) is 13.2 Å². The third-order valence-electron chi connectivity index (χ3n) is 5.33. The molecule has 1 atom stereocenters. The van der Waals surface area contributed by atoms with Gasteiger partial charge in [-0.05, 0) is 41.2 Å². The molecule has 30 heavy (non-hydrogen) atoms. The van der Waals surface area contributed by atoms with E-state index in [0.29, 0.717) is 18.0 Å². The number of aryl methyl sites for hydroxylation is 1. The van der Waals surface area contributed by atoms with Crippen molar-refractivity contribution < 1.29 is 18.0 Å².